The third kappa shape index (κ3) is 2.79. The molecule has 0 amide bonds. The minimum Gasteiger partial charge on any atom is -0.414 e. The maximum atomic E-state index is 13.7. The molecule has 6 heteroatoms. The van der Waals surface area contributed by atoms with Crippen molar-refractivity contribution in [1.82, 2.24) is 0 Å². The van der Waals surface area contributed by atoms with E-state index in [1.807, 2.05) is 0 Å². The summed E-state index contributed by atoms with van der Waals surface area (Å²) >= 11 is 11.9. The first-order valence-electron chi connectivity index (χ1n) is 5.50. The van der Waals surface area contributed by atoms with Crippen LogP contribution in [0.25, 0.3) is 0 Å². The van der Waals surface area contributed by atoms with Crippen LogP contribution in [0.3, 0.4) is 0 Å². The number of benzene rings is 2. The highest BCUT2D eigenvalue weighted by molar-refractivity contribution is 7.42. The minimum absolute atomic E-state index is 0.448. The van der Waals surface area contributed by atoms with E-state index in [4.69, 9.17) is 32.2 Å². The predicted molar refractivity (Wildman–Crippen MR) is 75.0 cm³/mol. The highest BCUT2D eigenvalue weighted by Gasteiger charge is 2.22. The number of hydrogen-bond donors (Lipinski definition) is 0. The summed E-state index contributed by atoms with van der Waals surface area (Å²) in [6.45, 7) is 0. The molecule has 0 saturated heterocycles. The van der Waals surface area contributed by atoms with E-state index in [0.29, 0.717) is 28.0 Å². The zero-order valence-corrected chi connectivity index (χ0v) is 12.0. The van der Waals surface area contributed by atoms with E-state index in [9.17, 15) is 4.20 Å². The van der Waals surface area contributed by atoms with Crippen LogP contribution >= 0.6 is 31.9 Å². The van der Waals surface area contributed by atoms with Crippen LogP contribution in [0.4, 0.5) is 4.20 Å². The van der Waals surface area contributed by atoms with E-state index in [2.05, 4.69) is 0 Å². The Morgan fingerprint density at radius 2 is 1.37 bits per heavy atom. The first-order chi connectivity index (χ1) is 9.11. The highest BCUT2D eigenvalue weighted by atomic mass is 35.5. The van der Waals surface area contributed by atoms with Gasteiger partial charge in [0.1, 0.15) is 11.5 Å². The molecule has 2 aromatic carbocycles. The summed E-state index contributed by atoms with van der Waals surface area (Å²) in [5.41, 5.74) is 1.62. The Kier molecular flexibility index (Phi) is 3.53. The molecular formula is C13H8Cl2FO2P. The van der Waals surface area contributed by atoms with Crippen LogP contribution in [0.1, 0.15) is 11.1 Å². The van der Waals surface area contributed by atoms with Crippen molar-refractivity contribution in [3.05, 3.63) is 57.6 Å². The van der Waals surface area contributed by atoms with Gasteiger partial charge in [-0.3, -0.25) is 0 Å². The monoisotopic (exact) mass is 316 g/mol. The Bertz CT molecular complexity index is 583. The summed E-state index contributed by atoms with van der Waals surface area (Å²) < 4.78 is 24.1. The fourth-order valence-electron chi connectivity index (χ4n) is 1.93. The molecule has 0 spiro atoms. The van der Waals surface area contributed by atoms with Crippen LogP contribution in [0, 0.1) is 0 Å². The molecule has 3 rings (SSSR count). The lowest BCUT2D eigenvalue weighted by molar-refractivity contribution is 0.429. The average molecular weight is 317 g/mol. The van der Waals surface area contributed by atoms with E-state index in [1.165, 1.54) is 0 Å². The third-order valence-corrected chi connectivity index (χ3v) is 3.92. The molecule has 0 bridgehead atoms. The zero-order chi connectivity index (χ0) is 13.4. The molecule has 0 atom stereocenters. The largest absolute Gasteiger partial charge is 0.505 e. The topological polar surface area (TPSA) is 18.5 Å². The lowest BCUT2D eigenvalue weighted by atomic mass is 10.0. The van der Waals surface area contributed by atoms with Gasteiger partial charge in [-0.15, -0.1) is 4.20 Å². The second-order valence-corrected chi connectivity index (χ2v) is 5.74. The quantitative estimate of drug-likeness (QED) is 0.593. The van der Waals surface area contributed by atoms with Gasteiger partial charge in [0.15, 0.2) is 0 Å². The van der Waals surface area contributed by atoms with Gasteiger partial charge in [0.2, 0.25) is 0 Å². The Hall–Kier alpha value is -1.02. The Balaban J connectivity index is 2.11. The Morgan fingerprint density at radius 3 is 1.84 bits per heavy atom. The van der Waals surface area contributed by atoms with Gasteiger partial charge in [0.05, 0.1) is 0 Å². The molecule has 0 unspecified atom stereocenters. The van der Waals surface area contributed by atoms with E-state index >= 15 is 0 Å². The zero-order valence-electron chi connectivity index (χ0n) is 9.57. The summed E-state index contributed by atoms with van der Waals surface area (Å²) in [5, 5.41) is 1.16. The second-order valence-electron chi connectivity index (χ2n) is 4.08. The summed E-state index contributed by atoms with van der Waals surface area (Å²) in [6.07, 6.45) is 0.523. The minimum atomic E-state index is -2.51. The lowest BCUT2D eigenvalue weighted by Gasteiger charge is -2.19. The van der Waals surface area contributed by atoms with E-state index in [-0.39, 0.29) is 0 Å². The van der Waals surface area contributed by atoms with Gasteiger partial charge in [-0.1, -0.05) is 23.2 Å². The highest BCUT2D eigenvalue weighted by Crippen LogP contribution is 2.47. The first kappa shape index (κ1) is 13.0. The molecule has 0 saturated carbocycles. The number of hydrogen-bond acceptors (Lipinski definition) is 2. The van der Waals surface area contributed by atoms with Gasteiger partial charge in [-0.25, -0.2) is 0 Å². The fourth-order valence-corrected chi connectivity index (χ4v) is 3.02. The van der Waals surface area contributed by atoms with Gasteiger partial charge >= 0.3 is 8.69 Å². The molecule has 0 N–H and O–H groups in total. The van der Waals surface area contributed by atoms with Gasteiger partial charge in [0.25, 0.3) is 0 Å². The van der Waals surface area contributed by atoms with E-state index in [1.54, 1.807) is 36.4 Å². The van der Waals surface area contributed by atoms with Crippen molar-refractivity contribution in [2.75, 3.05) is 0 Å². The number of fused-ring (bicyclic) bond motifs is 2. The summed E-state index contributed by atoms with van der Waals surface area (Å²) in [5.74, 6) is 0.896. The van der Waals surface area contributed by atoms with Crippen molar-refractivity contribution in [1.29, 1.82) is 0 Å². The van der Waals surface area contributed by atoms with Gasteiger partial charge in [-0.05, 0) is 36.4 Å². The summed E-state index contributed by atoms with van der Waals surface area (Å²) in [6, 6.07) is 10.1. The van der Waals surface area contributed by atoms with Gasteiger partial charge in [0, 0.05) is 27.6 Å². The predicted octanol–water partition coefficient (Wildman–Crippen LogP) is 5.55. The van der Waals surface area contributed by atoms with Crippen molar-refractivity contribution < 1.29 is 13.2 Å². The fraction of sp³-hybridized carbons (Fsp3) is 0.0769. The average Bonchev–Trinajstić information content (AvgIpc) is 2.34. The van der Waals surface area contributed by atoms with Gasteiger partial charge in [-0.2, -0.15) is 0 Å². The number of rotatable bonds is 0. The Labute approximate surface area is 121 Å². The molecule has 0 fully saturated rings. The van der Waals surface area contributed by atoms with Crippen LogP contribution in [0.5, 0.6) is 11.5 Å². The van der Waals surface area contributed by atoms with Crippen LogP contribution < -0.4 is 9.05 Å². The maximum absolute atomic E-state index is 13.7. The molecule has 2 nitrogen and oxygen atoms in total. The van der Waals surface area contributed by atoms with Gasteiger partial charge < -0.3 is 9.05 Å². The van der Waals surface area contributed by atoms with E-state index in [0.717, 1.165) is 11.1 Å². The smallest absolute Gasteiger partial charge is 0.414 e. The molecule has 98 valence electrons. The molecule has 0 radical (unpaired) electrons. The standard InChI is InChI=1S/C13H8Cl2FO2P/c14-10-1-3-12-8(6-10)5-9-7-11(15)2-4-13(9)18-19(16)17-12/h1-4,6-7H,5H2. The molecule has 1 heterocycles. The van der Waals surface area contributed by atoms with E-state index < -0.39 is 8.69 Å². The van der Waals surface area contributed by atoms with Crippen molar-refractivity contribution in [2.24, 2.45) is 0 Å². The van der Waals surface area contributed by atoms with Crippen molar-refractivity contribution in [2.45, 2.75) is 6.42 Å². The summed E-state index contributed by atoms with van der Waals surface area (Å²) in [4.78, 5) is 0. The van der Waals surface area contributed by atoms with Crippen molar-refractivity contribution >= 4 is 31.9 Å². The normalized spacial score (nSPS) is 14.5. The molecule has 0 aliphatic carbocycles. The van der Waals surface area contributed by atoms with Crippen LogP contribution in [-0.2, 0) is 6.42 Å². The molecule has 1 aliphatic rings. The SMILES string of the molecule is FP1Oc2ccc(Cl)cc2Cc2cc(Cl)ccc2O1. The molecule has 19 heavy (non-hydrogen) atoms. The summed E-state index contributed by atoms with van der Waals surface area (Å²) in [7, 11) is -2.51. The molecule has 1 aliphatic heterocycles. The Morgan fingerprint density at radius 1 is 0.895 bits per heavy atom. The second kappa shape index (κ2) is 5.16. The molecular weight excluding hydrogens is 309 g/mol. The van der Waals surface area contributed by atoms with Crippen LogP contribution in [0.2, 0.25) is 10.0 Å². The van der Waals surface area contributed by atoms with Crippen LogP contribution in [-0.4, -0.2) is 0 Å². The lowest BCUT2D eigenvalue weighted by Crippen LogP contribution is -2.02. The van der Waals surface area contributed by atoms with Crippen molar-refractivity contribution in [3.63, 3.8) is 0 Å². The van der Waals surface area contributed by atoms with Crippen molar-refractivity contribution in [3.8, 4) is 11.5 Å². The number of halogens is 3. The maximum Gasteiger partial charge on any atom is 0.505 e. The first-order valence-corrected chi connectivity index (χ1v) is 7.33. The third-order valence-electron chi connectivity index (χ3n) is 2.77. The molecule has 0 aromatic heterocycles. The van der Waals surface area contributed by atoms with Crippen LogP contribution in [0.15, 0.2) is 36.4 Å². The molecule has 2 aromatic rings.